The summed E-state index contributed by atoms with van der Waals surface area (Å²) in [4.78, 5) is 25.0. The summed E-state index contributed by atoms with van der Waals surface area (Å²) < 4.78 is 3.86. The SMILES string of the molecule is CCNc1snnc1CN1C(=O)CCCCC1=O. The van der Waals surface area contributed by atoms with Crippen LogP contribution in [0.5, 0.6) is 0 Å². The predicted octanol–water partition coefficient (Wildman–Crippen LogP) is 1.40. The molecule has 0 saturated carbocycles. The molecule has 7 heteroatoms. The maximum Gasteiger partial charge on any atom is 0.229 e. The molecule has 1 aromatic rings. The number of hydrogen-bond donors (Lipinski definition) is 1. The highest BCUT2D eigenvalue weighted by Crippen LogP contribution is 2.21. The lowest BCUT2D eigenvalue weighted by atomic mass is 10.2. The van der Waals surface area contributed by atoms with Crippen LogP contribution in [0, 0.1) is 0 Å². The second-order valence-electron chi connectivity index (χ2n) is 4.16. The molecule has 1 saturated heterocycles. The smallest absolute Gasteiger partial charge is 0.229 e. The van der Waals surface area contributed by atoms with Crippen molar-refractivity contribution < 1.29 is 9.59 Å². The van der Waals surface area contributed by atoms with Gasteiger partial charge in [0, 0.05) is 30.9 Å². The van der Waals surface area contributed by atoms with Gasteiger partial charge in [-0.1, -0.05) is 4.49 Å². The summed E-state index contributed by atoms with van der Waals surface area (Å²) in [5, 5.41) is 7.96. The van der Waals surface area contributed by atoms with Gasteiger partial charge in [0.1, 0.15) is 10.7 Å². The van der Waals surface area contributed by atoms with Crippen molar-refractivity contribution in [2.45, 2.75) is 39.2 Å². The van der Waals surface area contributed by atoms with Crippen molar-refractivity contribution in [3.8, 4) is 0 Å². The van der Waals surface area contributed by atoms with Crippen molar-refractivity contribution in [2.75, 3.05) is 11.9 Å². The Morgan fingerprint density at radius 2 is 1.94 bits per heavy atom. The van der Waals surface area contributed by atoms with Gasteiger partial charge in [0.15, 0.2) is 0 Å². The van der Waals surface area contributed by atoms with E-state index in [0.717, 1.165) is 24.4 Å². The van der Waals surface area contributed by atoms with Crippen LogP contribution in [-0.2, 0) is 16.1 Å². The van der Waals surface area contributed by atoms with Crippen molar-refractivity contribution in [1.29, 1.82) is 0 Å². The minimum atomic E-state index is -0.104. The molecule has 0 unspecified atom stereocenters. The highest BCUT2D eigenvalue weighted by molar-refractivity contribution is 7.10. The third kappa shape index (κ3) is 2.84. The molecule has 2 amide bonds. The van der Waals surface area contributed by atoms with Gasteiger partial charge in [-0.25, -0.2) is 0 Å². The molecule has 0 atom stereocenters. The summed E-state index contributed by atoms with van der Waals surface area (Å²) in [7, 11) is 0. The van der Waals surface area contributed by atoms with E-state index in [1.165, 1.54) is 16.4 Å². The fraction of sp³-hybridized carbons (Fsp3) is 0.636. The number of aromatic nitrogens is 2. The molecule has 18 heavy (non-hydrogen) atoms. The fourth-order valence-electron chi connectivity index (χ4n) is 1.89. The molecule has 0 aromatic carbocycles. The van der Waals surface area contributed by atoms with E-state index in [4.69, 9.17) is 0 Å². The van der Waals surface area contributed by atoms with Gasteiger partial charge in [0.2, 0.25) is 11.8 Å². The van der Waals surface area contributed by atoms with Crippen LogP contribution in [0.4, 0.5) is 5.00 Å². The van der Waals surface area contributed by atoms with Crippen LogP contribution in [0.25, 0.3) is 0 Å². The van der Waals surface area contributed by atoms with Crippen molar-refractivity contribution in [2.24, 2.45) is 0 Å². The number of carbonyl (C=O) groups is 2. The largest absolute Gasteiger partial charge is 0.374 e. The number of carbonyl (C=O) groups excluding carboxylic acids is 2. The zero-order chi connectivity index (χ0) is 13.0. The van der Waals surface area contributed by atoms with E-state index in [9.17, 15) is 9.59 Å². The molecule has 6 nitrogen and oxygen atoms in total. The van der Waals surface area contributed by atoms with Crippen molar-refractivity contribution >= 4 is 28.3 Å². The number of imide groups is 1. The van der Waals surface area contributed by atoms with E-state index in [1.54, 1.807) is 0 Å². The molecule has 0 aliphatic carbocycles. The maximum absolute atomic E-state index is 11.9. The number of hydrogen-bond acceptors (Lipinski definition) is 6. The minimum absolute atomic E-state index is 0.104. The predicted molar refractivity (Wildman–Crippen MR) is 68.1 cm³/mol. The second-order valence-corrected chi connectivity index (χ2v) is 4.91. The molecule has 0 radical (unpaired) electrons. The third-order valence-electron chi connectivity index (χ3n) is 2.83. The third-order valence-corrected chi connectivity index (χ3v) is 3.56. The maximum atomic E-state index is 11.9. The summed E-state index contributed by atoms with van der Waals surface area (Å²) in [6, 6.07) is 0. The topological polar surface area (TPSA) is 75.2 Å². The first-order chi connectivity index (χ1) is 8.72. The Hall–Kier alpha value is -1.50. The van der Waals surface area contributed by atoms with Crippen molar-refractivity contribution in [3.05, 3.63) is 5.69 Å². The monoisotopic (exact) mass is 268 g/mol. The number of amides is 2. The molecule has 1 fully saturated rings. The van der Waals surface area contributed by atoms with Crippen LogP contribution >= 0.6 is 11.5 Å². The van der Waals surface area contributed by atoms with Gasteiger partial charge in [0.05, 0.1) is 6.54 Å². The molecule has 1 aliphatic heterocycles. The lowest BCUT2D eigenvalue weighted by Gasteiger charge is -2.17. The van der Waals surface area contributed by atoms with E-state index >= 15 is 0 Å². The average Bonchev–Trinajstić information content (AvgIpc) is 2.72. The summed E-state index contributed by atoms with van der Waals surface area (Å²) in [6.45, 7) is 2.97. The molecule has 1 N–H and O–H groups in total. The lowest BCUT2D eigenvalue weighted by Crippen LogP contribution is -2.34. The zero-order valence-electron chi connectivity index (χ0n) is 10.3. The summed E-state index contributed by atoms with van der Waals surface area (Å²) in [5.74, 6) is -0.208. The van der Waals surface area contributed by atoms with Gasteiger partial charge in [-0.05, 0) is 19.8 Å². The van der Waals surface area contributed by atoms with E-state index in [0.29, 0.717) is 18.5 Å². The van der Waals surface area contributed by atoms with Gasteiger partial charge in [-0.2, -0.15) is 0 Å². The first kappa shape index (κ1) is 12.9. The summed E-state index contributed by atoms with van der Waals surface area (Å²) in [5.41, 5.74) is 0.672. The molecule has 0 spiro atoms. The van der Waals surface area contributed by atoms with Gasteiger partial charge >= 0.3 is 0 Å². The molecular formula is C11H16N4O2S. The molecular weight excluding hydrogens is 252 g/mol. The van der Waals surface area contributed by atoms with E-state index in [2.05, 4.69) is 14.9 Å². The van der Waals surface area contributed by atoms with Crippen LogP contribution in [0.3, 0.4) is 0 Å². The Morgan fingerprint density at radius 1 is 1.28 bits per heavy atom. The number of likely N-dealkylation sites (tertiary alicyclic amines) is 1. The van der Waals surface area contributed by atoms with Crippen LogP contribution in [0.2, 0.25) is 0 Å². The molecule has 1 aliphatic rings. The average molecular weight is 268 g/mol. The summed E-state index contributed by atoms with van der Waals surface area (Å²) in [6.07, 6.45) is 2.46. The zero-order valence-corrected chi connectivity index (χ0v) is 11.1. The highest BCUT2D eigenvalue weighted by atomic mass is 32.1. The van der Waals surface area contributed by atoms with Crippen molar-refractivity contribution in [1.82, 2.24) is 14.5 Å². The Bertz CT molecular complexity index is 428. The molecule has 2 rings (SSSR count). The Morgan fingerprint density at radius 3 is 2.56 bits per heavy atom. The number of nitrogens with one attached hydrogen (secondary N) is 1. The van der Waals surface area contributed by atoms with E-state index < -0.39 is 0 Å². The Kier molecular flexibility index (Phi) is 4.24. The Labute approximate surface area is 110 Å². The molecule has 2 heterocycles. The van der Waals surface area contributed by atoms with E-state index in [-0.39, 0.29) is 18.4 Å². The molecule has 98 valence electrons. The minimum Gasteiger partial charge on any atom is -0.374 e. The number of anilines is 1. The molecule has 0 bridgehead atoms. The van der Waals surface area contributed by atoms with Gasteiger partial charge in [-0.3, -0.25) is 14.5 Å². The Balaban J connectivity index is 2.12. The molecule has 1 aromatic heterocycles. The number of nitrogens with zero attached hydrogens (tertiary/aromatic N) is 3. The number of rotatable bonds is 4. The van der Waals surface area contributed by atoms with Crippen LogP contribution in [-0.4, -0.2) is 32.8 Å². The first-order valence-corrected chi connectivity index (χ1v) is 6.88. The van der Waals surface area contributed by atoms with Gasteiger partial charge in [-0.15, -0.1) is 5.10 Å². The quantitative estimate of drug-likeness (QED) is 0.835. The van der Waals surface area contributed by atoms with Crippen LogP contribution in [0.15, 0.2) is 0 Å². The second kappa shape index (κ2) is 5.90. The fourth-order valence-corrected chi connectivity index (χ4v) is 2.54. The van der Waals surface area contributed by atoms with Gasteiger partial charge in [0.25, 0.3) is 0 Å². The van der Waals surface area contributed by atoms with E-state index in [1.807, 2.05) is 6.92 Å². The van der Waals surface area contributed by atoms with Crippen LogP contribution in [0.1, 0.15) is 38.3 Å². The van der Waals surface area contributed by atoms with Crippen LogP contribution < -0.4 is 5.32 Å². The van der Waals surface area contributed by atoms with Gasteiger partial charge < -0.3 is 5.32 Å². The highest BCUT2D eigenvalue weighted by Gasteiger charge is 2.25. The standard InChI is InChI=1S/C11H16N4O2S/c1-2-12-11-8(13-14-18-11)7-15-9(16)5-3-4-6-10(15)17/h12H,2-7H2,1H3. The van der Waals surface area contributed by atoms with Crippen molar-refractivity contribution in [3.63, 3.8) is 0 Å². The summed E-state index contributed by atoms with van der Waals surface area (Å²) >= 11 is 1.25. The first-order valence-electron chi connectivity index (χ1n) is 6.10. The normalized spacial score (nSPS) is 16.8. The lowest BCUT2D eigenvalue weighted by molar-refractivity contribution is -0.144.